The number of likely N-dealkylation sites (N-methyl/N-ethyl adjacent to an activating group) is 1. The fourth-order valence-corrected chi connectivity index (χ4v) is 1.97. The van der Waals surface area contributed by atoms with Gasteiger partial charge in [0.2, 0.25) is 5.91 Å². The minimum Gasteiger partial charge on any atom is -0.341 e. The van der Waals surface area contributed by atoms with Crippen molar-refractivity contribution in [2.75, 3.05) is 7.05 Å². The van der Waals surface area contributed by atoms with Crippen molar-refractivity contribution < 1.29 is 4.79 Å². The Hall–Kier alpha value is -0.570. The molecule has 2 N–H and O–H groups in total. The molecule has 0 aliphatic heterocycles. The van der Waals surface area contributed by atoms with Gasteiger partial charge in [0.1, 0.15) is 0 Å². The van der Waals surface area contributed by atoms with E-state index in [-0.39, 0.29) is 11.9 Å². The zero-order valence-electron chi connectivity index (χ0n) is 10.4. The van der Waals surface area contributed by atoms with Crippen molar-refractivity contribution in [3.05, 3.63) is 0 Å². The van der Waals surface area contributed by atoms with Gasteiger partial charge in [-0.2, -0.15) is 0 Å². The first kappa shape index (κ1) is 12.5. The monoisotopic (exact) mass is 212 g/mol. The minimum absolute atomic E-state index is 0.0949. The summed E-state index contributed by atoms with van der Waals surface area (Å²) in [5.41, 5.74) is 6.18. The van der Waals surface area contributed by atoms with Crippen LogP contribution in [0.1, 0.15) is 46.5 Å². The highest BCUT2D eigenvalue weighted by molar-refractivity contribution is 5.81. The normalized spacial score (nSPS) is 21.9. The summed E-state index contributed by atoms with van der Waals surface area (Å²) < 4.78 is 0. The molecule has 88 valence electrons. The lowest BCUT2D eigenvalue weighted by atomic mass is 9.98. The topological polar surface area (TPSA) is 46.3 Å². The summed E-state index contributed by atoms with van der Waals surface area (Å²) in [6.45, 7) is 6.43. The molecule has 1 saturated carbocycles. The summed E-state index contributed by atoms with van der Waals surface area (Å²) >= 11 is 0. The Kier molecular flexibility index (Phi) is 3.77. The Morgan fingerprint density at radius 3 is 2.47 bits per heavy atom. The zero-order valence-corrected chi connectivity index (χ0v) is 10.4. The number of nitrogens with two attached hydrogens (primary N) is 1. The third-order valence-electron chi connectivity index (χ3n) is 3.89. The Morgan fingerprint density at radius 1 is 1.53 bits per heavy atom. The van der Waals surface area contributed by atoms with E-state index in [0.29, 0.717) is 11.5 Å². The van der Waals surface area contributed by atoms with Crippen molar-refractivity contribution in [1.29, 1.82) is 0 Å². The van der Waals surface area contributed by atoms with Gasteiger partial charge in [-0.05, 0) is 31.6 Å². The van der Waals surface area contributed by atoms with Gasteiger partial charge in [0.05, 0.1) is 6.04 Å². The summed E-state index contributed by atoms with van der Waals surface area (Å²) in [5.74, 6) is 0.0949. The van der Waals surface area contributed by atoms with Crippen LogP contribution in [0.2, 0.25) is 0 Å². The number of hydrogen-bond acceptors (Lipinski definition) is 2. The summed E-state index contributed by atoms with van der Waals surface area (Å²) in [5, 5.41) is 0. The predicted octanol–water partition coefficient (Wildman–Crippen LogP) is 1.76. The van der Waals surface area contributed by atoms with Gasteiger partial charge in [-0.15, -0.1) is 0 Å². The van der Waals surface area contributed by atoms with Crippen LogP contribution in [0.25, 0.3) is 0 Å². The quantitative estimate of drug-likeness (QED) is 0.755. The molecular formula is C12H24N2O. The minimum atomic E-state index is -0.315. The predicted molar refractivity (Wildman–Crippen MR) is 62.5 cm³/mol. The van der Waals surface area contributed by atoms with Crippen molar-refractivity contribution in [3.63, 3.8) is 0 Å². The van der Waals surface area contributed by atoms with Crippen LogP contribution in [-0.2, 0) is 4.79 Å². The lowest BCUT2D eigenvalue weighted by Crippen LogP contribution is -2.48. The van der Waals surface area contributed by atoms with E-state index in [1.807, 2.05) is 11.9 Å². The van der Waals surface area contributed by atoms with E-state index in [4.69, 9.17) is 5.73 Å². The van der Waals surface area contributed by atoms with Crippen LogP contribution < -0.4 is 5.73 Å². The molecule has 3 nitrogen and oxygen atoms in total. The molecule has 0 aromatic carbocycles. The molecule has 1 amide bonds. The summed E-state index contributed by atoms with van der Waals surface area (Å²) in [7, 11) is 1.88. The van der Waals surface area contributed by atoms with E-state index in [1.165, 1.54) is 12.8 Å². The third kappa shape index (κ3) is 2.71. The largest absolute Gasteiger partial charge is 0.341 e. The number of amides is 1. The van der Waals surface area contributed by atoms with Gasteiger partial charge in [0.25, 0.3) is 0 Å². The van der Waals surface area contributed by atoms with Crippen molar-refractivity contribution in [1.82, 2.24) is 4.90 Å². The molecule has 2 atom stereocenters. The highest BCUT2D eigenvalue weighted by Crippen LogP contribution is 2.49. The maximum absolute atomic E-state index is 11.9. The van der Waals surface area contributed by atoms with Gasteiger partial charge in [-0.1, -0.05) is 20.3 Å². The second-order valence-corrected chi connectivity index (χ2v) is 5.17. The van der Waals surface area contributed by atoms with E-state index >= 15 is 0 Å². The van der Waals surface area contributed by atoms with Crippen LogP contribution in [0.4, 0.5) is 0 Å². The molecule has 0 aromatic rings. The van der Waals surface area contributed by atoms with E-state index in [0.717, 1.165) is 12.8 Å². The molecule has 2 unspecified atom stereocenters. The average Bonchev–Trinajstić information content (AvgIpc) is 2.95. The molecule has 0 aromatic heterocycles. The Balaban J connectivity index is 2.51. The van der Waals surface area contributed by atoms with Crippen LogP contribution in [0.15, 0.2) is 0 Å². The third-order valence-corrected chi connectivity index (χ3v) is 3.89. The van der Waals surface area contributed by atoms with Crippen LogP contribution >= 0.6 is 0 Å². The van der Waals surface area contributed by atoms with Crippen molar-refractivity contribution in [3.8, 4) is 0 Å². The van der Waals surface area contributed by atoms with Gasteiger partial charge in [0.15, 0.2) is 0 Å². The molecule has 0 radical (unpaired) electrons. The highest BCUT2D eigenvalue weighted by atomic mass is 16.2. The smallest absolute Gasteiger partial charge is 0.239 e. The standard InChI is InChI=1S/C12H24N2O/c1-5-6-10(13)11(15)14(4)9(2)12(3)7-8-12/h9-10H,5-8,13H2,1-4H3. The van der Waals surface area contributed by atoms with E-state index in [1.54, 1.807) is 0 Å². The van der Waals surface area contributed by atoms with Crippen molar-refractivity contribution >= 4 is 5.91 Å². The molecule has 0 bridgehead atoms. The zero-order chi connectivity index (χ0) is 11.6. The van der Waals surface area contributed by atoms with Crippen LogP contribution in [0, 0.1) is 5.41 Å². The molecule has 0 heterocycles. The van der Waals surface area contributed by atoms with E-state index in [2.05, 4.69) is 20.8 Å². The molecule has 0 spiro atoms. The molecule has 3 heteroatoms. The van der Waals surface area contributed by atoms with Gasteiger partial charge < -0.3 is 10.6 Å². The van der Waals surface area contributed by atoms with Gasteiger partial charge in [-0.3, -0.25) is 4.79 Å². The fourth-order valence-electron chi connectivity index (χ4n) is 1.97. The van der Waals surface area contributed by atoms with E-state index in [9.17, 15) is 4.79 Å². The first-order chi connectivity index (χ1) is 6.92. The molecule has 1 aliphatic carbocycles. The van der Waals surface area contributed by atoms with Crippen molar-refractivity contribution in [2.24, 2.45) is 11.1 Å². The Morgan fingerprint density at radius 2 is 2.07 bits per heavy atom. The highest BCUT2D eigenvalue weighted by Gasteiger charge is 2.45. The first-order valence-electron chi connectivity index (χ1n) is 5.94. The number of carbonyl (C=O) groups excluding carboxylic acids is 1. The SMILES string of the molecule is CCCC(N)C(=O)N(C)C(C)C1(C)CC1. The first-order valence-corrected chi connectivity index (χ1v) is 5.94. The fraction of sp³-hybridized carbons (Fsp3) is 0.917. The van der Waals surface area contributed by atoms with Crippen LogP contribution in [0.3, 0.4) is 0 Å². The number of hydrogen-bond donors (Lipinski definition) is 1. The lowest BCUT2D eigenvalue weighted by molar-refractivity contribution is -0.134. The van der Waals surface area contributed by atoms with Gasteiger partial charge in [-0.25, -0.2) is 0 Å². The summed E-state index contributed by atoms with van der Waals surface area (Å²) in [6, 6.07) is -0.00212. The van der Waals surface area contributed by atoms with Gasteiger partial charge >= 0.3 is 0 Å². The molecule has 1 fully saturated rings. The molecule has 1 rings (SSSR count). The Bertz CT molecular complexity index is 236. The van der Waals surface area contributed by atoms with Crippen molar-refractivity contribution in [2.45, 2.75) is 58.5 Å². The Labute approximate surface area is 93.0 Å². The summed E-state index contributed by atoms with van der Waals surface area (Å²) in [6.07, 6.45) is 4.21. The summed E-state index contributed by atoms with van der Waals surface area (Å²) in [4.78, 5) is 13.8. The number of nitrogens with zero attached hydrogens (tertiary/aromatic N) is 1. The number of carbonyl (C=O) groups is 1. The maximum Gasteiger partial charge on any atom is 0.239 e. The van der Waals surface area contributed by atoms with Crippen LogP contribution in [0.5, 0.6) is 0 Å². The van der Waals surface area contributed by atoms with Gasteiger partial charge in [0, 0.05) is 13.1 Å². The molecular weight excluding hydrogens is 188 g/mol. The molecule has 0 saturated heterocycles. The van der Waals surface area contributed by atoms with Crippen LogP contribution in [-0.4, -0.2) is 29.9 Å². The molecule has 15 heavy (non-hydrogen) atoms. The number of rotatable bonds is 5. The molecule has 1 aliphatic rings. The second kappa shape index (κ2) is 4.52. The van der Waals surface area contributed by atoms with E-state index < -0.39 is 0 Å². The average molecular weight is 212 g/mol. The second-order valence-electron chi connectivity index (χ2n) is 5.17. The maximum atomic E-state index is 11.9. The lowest BCUT2D eigenvalue weighted by Gasteiger charge is -2.31.